The third kappa shape index (κ3) is 3.22. The maximum Gasteiger partial charge on any atom is 0.119 e. The highest BCUT2D eigenvalue weighted by molar-refractivity contribution is 5.32. The van der Waals surface area contributed by atoms with Crippen molar-refractivity contribution in [3.05, 3.63) is 29.8 Å². The highest BCUT2D eigenvalue weighted by atomic mass is 16.5. The third-order valence-corrected chi connectivity index (χ3v) is 2.58. The van der Waals surface area contributed by atoms with Gasteiger partial charge in [-0.3, -0.25) is 0 Å². The van der Waals surface area contributed by atoms with E-state index in [4.69, 9.17) is 15.6 Å². The molecule has 1 rings (SSSR count). The van der Waals surface area contributed by atoms with Crippen molar-refractivity contribution < 1.29 is 9.84 Å². The molecule has 0 aliphatic carbocycles. The molecule has 1 atom stereocenters. The van der Waals surface area contributed by atoms with Crippen LogP contribution in [0, 0.1) is 0 Å². The quantitative estimate of drug-likeness (QED) is 0.775. The van der Waals surface area contributed by atoms with Gasteiger partial charge >= 0.3 is 0 Å². The molecule has 0 aliphatic heterocycles. The second-order valence-corrected chi connectivity index (χ2v) is 3.98. The van der Waals surface area contributed by atoms with E-state index in [0.717, 1.165) is 17.7 Å². The molecule has 1 unspecified atom stereocenters. The molecule has 15 heavy (non-hydrogen) atoms. The Morgan fingerprint density at radius 2 is 2.20 bits per heavy atom. The third-order valence-electron chi connectivity index (χ3n) is 2.58. The fourth-order valence-electron chi connectivity index (χ4n) is 1.57. The van der Waals surface area contributed by atoms with E-state index in [1.165, 1.54) is 0 Å². The lowest BCUT2D eigenvalue weighted by Crippen LogP contribution is -2.33. The van der Waals surface area contributed by atoms with Gasteiger partial charge in [0.05, 0.1) is 7.11 Å². The van der Waals surface area contributed by atoms with Crippen molar-refractivity contribution in [2.75, 3.05) is 13.7 Å². The Kier molecular flexibility index (Phi) is 4.12. The zero-order chi connectivity index (χ0) is 11.3. The van der Waals surface area contributed by atoms with E-state index in [-0.39, 0.29) is 6.61 Å². The number of nitrogens with two attached hydrogens (primary N) is 1. The van der Waals surface area contributed by atoms with Gasteiger partial charge < -0.3 is 15.6 Å². The average molecular weight is 209 g/mol. The summed E-state index contributed by atoms with van der Waals surface area (Å²) in [5.41, 5.74) is 6.81. The summed E-state index contributed by atoms with van der Waals surface area (Å²) >= 11 is 0. The van der Waals surface area contributed by atoms with Crippen LogP contribution in [0.25, 0.3) is 0 Å². The summed E-state index contributed by atoms with van der Waals surface area (Å²) in [5, 5.41) is 8.80. The molecule has 0 saturated heterocycles. The first-order valence-electron chi connectivity index (χ1n) is 5.14. The molecule has 3 nitrogen and oxygen atoms in total. The predicted octanol–water partition coefficient (Wildman–Crippen LogP) is 1.64. The summed E-state index contributed by atoms with van der Waals surface area (Å²) in [6.07, 6.45) is 1.47. The highest BCUT2D eigenvalue weighted by Gasteiger charge is 2.20. The summed E-state index contributed by atoms with van der Waals surface area (Å²) in [4.78, 5) is 0. The van der Waals surface area contributed by atoms with Crippen LogP contribution in [0.3, 0.4) is 0 Å². The molecular formula is C12H19NO2. The van der Waals surface area contributed by atoms with E-state index < -0.39 is 5.54 Å². The number of benzene rings is 1. The molecule has 84 valence electrons. The lowest BCUT2D eigenvalue weighted by molar-refractivity contribution is 0.265. The van der Waals surface area contributed by atoms with Crippen LogP contribution in [0.5, 0.6) is 5.75 Å². The molecule has 0 heterocycles. The SMILES string of the molecule is COc1cccc(C(C)(N)CCCO)c1. The molecule has 1 aromatic rings. The minimum Gasteiger partial charge on any atom is -0.497 e. The predicted molar refractivity (Wildman–Crippen MR) is 60.9 cm³/mol. The first-order chi connectivity index (χ1) is 7.10. The summed E-state index contributed by atoms with van der Waals surface area (Å²) in [7, 11) is 1.64. The van der Waals surface area contributed by atoms with Crippen LogP contribution in [0.1, 0.15) is 25.3 Å². The van der Waals surface area contributed by atoms with Gasteiger partial charge in [-0.15, -0.1) is 0 Å². The number of ether oxygens (including phenoxy) is 1. The first kappa shape index (κ1) is 12.0. The van der Waals surface area contributed by atoms with Crippen molar-refractivity contribution in [1.82, 2.24) is 0 Å². The summed E-state index contributed by atoms with van der Waals surface area (Å²) in [6, 6.07) is 7.75. The van der Waals surface area contributed by atoms with Crippen molar-refractivity contribution in [3.8, 4) is 5.75 Å². The van der Waals surface area contributed by atoms with Gasteiger partial charge in [0.2, 0.25) is 0 Å². The molecule has 0 aromatic heterocycles. The second kappa shape index (κ2) is 5.14. The molecule has 3 heteroatoms. The molecule has 0 fully saturated rings. The van der Waals surface area contributed by atoms with Gasteiger partial charge in [0.25, 0.3) is 0 Å². The Labute approximate surface area is 90.9 Å². The van der Waals surface area contributed by atoms with E-state index in [1.54, 1.807) is 7.11 Å². The zero-order valence-corrected chi connectivity index (χ0v) is 9.36. The molecule has 0 spiro atoms. The van der Waals surface area contributed by atoms with Gasteiger partial charge in [-0.25, -0.2) is 0 Å². The van der Waals surface area contributed by atoms with Gasteiger partial charge in [-0.1, -0.05) is 12.1 Å². The van der Waals surface area contributed by atoms with Crippen LogP contribution in [-0.2, 0) is 5.54 Å². The van der Waals surface area contributed by atoms with E-state index in [9.17, 15) is 0 Å². The number of hydrogen-bond acceptors (Lipinski definition) is 3. The Bertz CT molecular complexity index is 310. The fourth-order valence-corrected chi connectivity index (χ4v) is 1.57. The lowest BCUT2D eigenvalue weighted by atomic mass is 9.88. The van der Waals surface area contributed by atoms with Crippen LogP contribution in [0.4, 0.5) is 0 Å². The number of aliphatic hydroxyl groups is 1. The normalized spacial score (nSPS) is 14.7. The van der Waals surface area contributed by atoms with Crippen molar-refractivity contribution in [1.29, 1.82) is 0 Å². The minimum atomic E-state index is -0.405. The van der Waals surface area contributed by atoms with Crippen LogP contribution in [-0.4, -0.2) is 18.8 Å². The Morgan fingerprint density at radius 1 is 1.47 bits per heavy atom. The zero-order valence-electron chi connectivity index (χ0n) is 9.36. The Morgan fingerprint density at radius 3 is 2.80 bits per heavy atom. The van der Waals surface area contributed by atoms with Crippen LogP contribution >= 0.6 is 0 Å². The minimum absolute atomic E-state index is 0.177. The standard InChI is InChI=1S/C12H19NO2/c1-12(13,7-4-8-14)10-5-3-6-11(9-10)15-2/h3,5-6,9,14H,4,7-8,13H2,1-2H3. The molecule has 3 N–H and O–H groups in total. The molecule has 0 saturated carbocycles. The number of methoxy groups -OCH3 is 1. The van der Waals surface area contributed by atoms with Crippen LogP contribution in [0.2, 0.25) is 0 Å². The first-order valence-corrected chi connectivity index (χ1v) is 5.14. The monoisotopic (exact) mass is 209 g/mol. The summed E-state index contributed by atoms with van der Waals surface area (Å²) in [5.74, 6) is 0.813. The van der Waals surface area contributed by atoms with Gasteiger partial charge in [-0.2, -0.15) is 0 Å². The highest BCUT2D eigenvalue weighted by Crippen LogP contribution is 2.25. The number of aliphatic hydroxyl groups excluding tert-OH is 1. The van der Waals surface area contributed by atoms with Crippen molar-refractivity contribution >= 4 is 0 Å². The van der Waals surface area contributed by atoms with Gasteiger partial charge in [0, 0.05) is 12.1 Å². The van der Waals surface area contributed by atoms with Gasteiger partial charge in [0.15, 0.2) is 0 Å². The largest absolute Gasteiger partial charge is 0.497 e. The maximum atomic E-state index is 8.80. The van der Waals surface area contributed by atoms with Crippen LogP contribution in [0.15, 0.2) is 24.3 Å². The summed E-state index contributed by atoms with van der Waals surface area (Å²) in [6.45, 7) is 2.15. The van der Waals surface area contributed by atoms with E-state index in [2.05, 4.69) is 0 Å². The molecule has 0 bridgehead atoms. The summed E-state index contributed by atoms with van der Waals surface area (Å²) < 4.78 is 5.15. The smallest absolute Gasteiger partial charge is 0.119 e. The Hall–Kier alpha value is -1.06. The van der Waals surface area contributed by atoms with E-state index in [1.807, 2.05) is 31.2 Å². The fraction of sp³-hybridized carbons (Fsp3) is 0.500. The van der Waals surface area contributed by atoms with Gasteiger partial charge in [0.1, 0.15) is 5.75 Å². The molecule has 0 amide bonds. The molecule has 0 aliphatic rings. The van der Waals surface area contributed by atoms with Crippen molar-refractivity contribution in [2.45, 2.75) is 25.3 Å². The molecule has 1 aromatic carbocycles. The molecule has 0 radical (unpaired) electrons. The topological polar surface area (TPSA) is 55.5 Å². The van der Waals surface area contributed by atoms with E-state index in [0.29, 0.717) is 6.42 Å². The number of rotatable bonds is 5. The second-order valence-electron chi connectivity index (χ2n) is 3.98. The van der Waals surface area contributed by atoms with Crippen LogP contribution < -0.4 is 10.5 Å². The van der Waals surface area contributed by atoms with Gasteiger partial charge in [-0.05, 0) is 37.5 Å². The van der Waals surface area contributed by atoms with E-state index >= 15 is 0 Å². The molecular weight excluding hydrogens is 190 g/mol. The lowest BCUT2D eigenvalue weighted by Gasteiger charge is -2.25. The van der Waals surface area contributed by atoms with Crippen molar-refractivity contribution in [3.63, 3.8) is 0 Å². The number of hydrogen-bond donors (Lipinski definition) is 2. The Balaban J connectivity index is 2.83. The average Bonchev–Trinajstić information content (AvgIpc) is 2.26. The maximum absolute atomic E-state index is 8.80. The van der Waals surface area contributed by atoms with Crippen molar-refractivity contribution in [2.24, 2.45) is 5.73 Å².